The lowest BCUT2D eigenvalue weighted by atomic mass is 10.2. The molecule has 0 radical (unpaired) electrons. The lowest BCUT2D eigenvalue weighted by molar-refractivity contribution is -0.141. The molecule has 1 atom stereocenters. The van der Waals surface area contributed by atoms with Gasteiger partial charge in [-0.15, -0.1) is 0 Å². The fourth-order valence-electron chi connectivity index (χ4n) is 0.646. The third-order valence-corrected chi connectivity index (χ3v) is 1.36. The van der Waals surface area contributed by atoms with Crippen molar-refractivity contribution in [3.05, 3.63) is 0 Å². The summed E-state index contributed by atoms with van der Waals surface area (Å²) in [6, 6.07) is 1.07. The molecule has 4 N–H and O–H groups in total. The molecule has 0 fully saturated rings. The quantitative estimate of drug-likeness (QED) is 0.239. The molecular weight excluding hydrogens is 204 g/mol. The normalized spacial score (nSPS) is 10.5. The highest BCUT2D eigenvalue weighted by molar-refractivity contribution is 6.38. The van der Waals surface area contributed by atoms with E-state index in [0.29, 0.717) is 0 Å². The molecule has 0 rings (SSSR count). The van der Waals surface area contributed by atoms with E-state index in [1.54, 1.807) is 0 Å². The number of hydrogen-bond donors (Lipinski definition) is 4. The highest BCUT2D eigenvalue weighted by Crippen LogP contribution is 1.84. The van der Waals surface area contributed by atoms with Crippen LogP contribution in [0.4, 0.5) is 0 Å². The molecule has 0 aromatic heterocycles. The van der Waals surface area contributed by atoms with E-state index in [9.17, 15) is 14.4 Å². The Balaban J connectivity index is 4.11. The first-order valence-corrected chi connectivity index (χ1v) is 3.92. The number of amides is 1. The Labute approximate surface area is 85.5 Å². The van der Waals surface area contributed by atoms with Crippen molar-refractivity contribution in [2.75, 3.05) is 6.54 Å². The summed E-state index contributed by atoms with van der Waals surface area (Å²) in [6.07, 6.45) is 1.50. The zero-order valence-electron chi connectivity index (χ0n) is 7.90. The Hall–Kier alpha value is -2.23. The summed E-state index contributed by atoms with van der Waals surface area (Å²) >= 11 is 0. The number of rotatable bonds is 5. The zero-order chi connectivity index (χ0) is 11.8. The standard InChI is InChI=1S/C8H10N2O5/c1-5(9-2-3-11)7(14)8(15)10-4-6(12)13/h5,9,11H,4H2,1H3,(H,10,15)(H,12,13). The van der Waals surface area contributed by atoms with Gasteiger partial charge in [-0.1, -0.05) is 0 Å². The molecule has 0 saturated heterocycles. The van der Waals surface area contributed by atoms with Gasteiger partial charge in [0.2, 0.25) is 5.78 Å². The van der Waals surface area contributed by atoms with Gasteiger partial charge in [0.05, 0.1) is 6.04 Å². The SMILES string of the molecule is CC(NC#CO)C(=O)C(=O)NCC(=O)O. The Bertz CT molecular complexity index is 328. The summed E-state index contributed by atoms with van der Waals surface area (Å²) in [5.74, 6) is -3.12. The van der Waals surface area contributed by atoms with Crippen molar-refractivity contribution in [3.8, 4) is 12.2 Å². The van der Waals surface area contributed by atoms with Crippen LogP contribution in [0.3, 0.4) is 0 Å². The van der Waals surface area contributed by atoms with Crippen molar-refractivity contribution in [1.29, 1.82) is 0 Å². The van der Waals surface area contributed by atoms with Crippen LogP contribution in [-0.4, -0.2) is 40.5 Å². The van der Waals surface area contributed by atoms with Crippen molar-refractivity contribution in [1.82, 2.24) is 10.6 Å². The predicted octanol–water partition coefficient (Wildman–Crippen LogP) is -1.97. The lowest BCUT2D eigenvalue weighted by Gasteiger charge is -2.07. The third kappa shape index (κ3) is 5.15. The van der Waals surface area contributed by atoms with Crippen molar-refractivity contribution in [3.63, 3.8) is 0 Å². The fourth-order valence-corrected chi connectivity index (χ4v) is 0.646. The van der Waals surface area contributed by atoms with Crippen LogP contribution < -0.4 is 10.6 Å². The van der Waals surface area contributed by atoms with E-state index in [2.05, 4.69) is 5.32 Å². The summed E-state index contributed by atoms with van der Waals surface area (Å²) < 4.78 is 0. The highest BCUT2D eigenvalue weighted by Gasteiger charge is 2.20. The molecule has 0 aliphatic carbocycles. The first kappa shape index (κ1) is 12.8. The van der Waals surface area contributed by atoms with Crippen LogP contribution in [0.25, 0.3) is 0 Å². The molecule has 7 nitrogen and oxygen atoms in total. The van der Waals surface area contributed by atoms with Gasteiger partial charge in [0.25, 0.3) is 5.91 Å². The summed E-state index contributed by atoms with van der Waals surface area (Å²) in [7, 11) is 0. The Morgan fingerprint density at radius 2 is 2.00 bits per heavy atom. The van der Waals surface area contributed by atoms with Crippen LogP contribution in [0.5, 0.6) is 0 Å². The van der Waals surface area contributed by atoms with Crippen LogP contribution >= 0.6 is 0 Å². The second-order valence-corrected chi connectivity index (χ2v) is 2.54. The molecule has 1 amide bonds. The molecule has 0 aliphatic heterocycles. The number of aliphatic carboxylic acids is 1. The molecule has 0 heterocycles. The van der Waals surface area contributed by atoms with Crippen LogP contribution in [0.1, 0.15) is 6.92 Å². The summed E-state index contributed by atoms with van der Waals surface area (Å²) in [5, 5.41) is 20.5. The Morgan fingerprint density at radius 1 is 1.40 bits per heavy atom. The molecule has 0 aromatic carbocycles. The monoisotopic (exact) mass is 214 g/mol. The summed E-state index contributed by atoms with van der Waals surface area (Å²) in [6.45, 7) is 0.732. The van der Waals surface area contributed by atoms with E-state index < -0.39 is 30.2 Å². The number of aliphatic hydroxyl groups excluding tert-OH is 1. The minimum absolute atomic E-state index is 0.622. The first-order valence-electron chi connectivity index (χ1n) is 3.92. The van der Waals surface area contributed by atoms with Gasteiger partial charge in [-0.2, -0.15) is 0 Å². The number of ketones is 1. The fraction of sp³-hybridized carbons (Fsp3) is 0.375. The topological polar surface area (TPSA) is 116 Å². The van der Waals surface area contributed by atoms with Crippen LogP contribution in [0.15, 0.2) is 0 Å². The molecule has 82 valence electrons. The lowest BCUT2D eigenvalue weighted by Crippen LogP contribution is -2.43. The minimum Gasteiger partial charge on any atom is -0.480 e. The van der Waals surface area contributed by atoms with E-state index in [0.717, 1.165) is 0 Å². The van der Waals surface area contributed by atoms with E-state index in [1.807, 2.05) is 11.4 Å². The van der Waals surface area contributed by atoms with Gasteiger partial charge in [-0.05, 0) is 6.92 Å². The smallest absolute Gasteiger partial charge is 0.322 e. The maximum absolute atomic E-state index is 11.1. The van der Waals surface area contributed by atoms with Crippen molar-refractivity contribution < 1.29 is 24.6 Å². The molecule has 0 saturated carbocycles. The third-order valence-electron chi connectivity index (χ3n) is 1.36. The van der Waals surface area contributed by atoms with E-state index in [4.69, 9.17) is 10.2 Å². The number of nitrogens with one attached hydrogen (secondary N) is 2. The number of carbonyl (C=O) groups is 3. The first-order chi connectivity index (χ1) is 6.99. The number of Topliss-reactive ketones (excluding diaryl/α,β-unsaturated/α-hetero) is 1. The zero-order valence-corrected chi connectivity index (χ0v) is 7.90. The van der Waals surface area contributed by atoms with Gasteiger partial charge in [-0.25, -0.2) is 0 Å². The van der Waals surface area contributed by atoms with Crippen molar-refractivity contribution >= 4 is 17.7 Å². The van der Waals surface area contributed by atoms with E-state index in [-0.39, 0.29) is 0 Å². The minimum atomic E-state index is -1.24. The Kier molecular flexibility index (Phi) is 5.33. The van der Waals surface area contributed by atoms with Crippen LogP contribution in [-0.2, 0) is 14.4 Å². The largest absolute Gasteiger partial charge is 0.480 e. The number of carboxylic acids is 1. The van der Waals surface area contributed by atoms with Crippen LogP contribution in [0, 0.1) is 12.2 Å². The average molecular weight is 214 g/mol. The van der Waals surface area contributed by atoms with Gasteiger partial charge in [0, 0.05) is 6.04 Å². The summed E-state index contributed by atoms with van der Waals surface area (Å²) in [4.78, 5) is 32.2. The average Bonchev–Trinajstić information content (AvgIpc) is 2.21. The maximum atomic E-state index is 11.1. The Morgan fingerprint density at radius 3 is 2.47 bits per heavy atom. The molecule has 0 aromatic rings. The number of aliphatic hydroxyl groups is 1. The second-order valence-electron chi connectivity index (χ2n) is 2.54. The summed E-state index contributed by atoms with van der Waals surface area (Å²) in [5.41, 5.74) is 0. The van der Waals surface area contributed by atoms with E-state index in [1.165, 1.54) is 13.0 Å². The highest BCUT2D eigenvalue weighted by atomic mass is 16.4. The molecule has 0 bridgehead atoms. The van der Waals surface area contributed by atoms with Gasteiger partial charge >= 0.3 is 5.97 Å². The second kappa shape index (κ2) is 6.26. The molecule has 15 heavy (non-hydrogen) atoms. The van der Waals surface area contributed by atoms with Gasteiger partial charge in [0.15, 0.2) is 0 Å². The molecule has 0 aliphatic rings. The van der Waals surface area contributed by atoms with Crippen LogP contribution in [0.2, 0.25) is 0 Å². The van der Waals surface area contributed by atoms with E-state index >= 15 is 0 Å². The van der Waals surface area contributed by atoms with Gasteiger partial charge in [0.1, 0.15) is 12.7 Å². The number of carboxylic acid groups (broad SMARTS) is 1. The molecular formula is C8H10N2O5. The van der Waals surface area contributed by atoms with Gasteiger partial charge in [-0.3, -0.25) is 14.4 Å². The van der Waals surface area contributed by atoms with Crippen molar-refractivity contribution in [2.45, 2.75) is 13.0 Å². The van der Waals surface area contributed by atoms with Gasteiger partial charge < -0.3 is 20.8 Å². The maximum Gasteiger partial charge on any atom is 0.322 e. The molecule has 1 unspecified atom stereocenters. The number of hydrogen-bond acceptors (Lipinski definition) is 5. The molecule has 7 heteroatoms. The number of carbonyl (C=O) groups excluding carboxylic acids is 2. The molecule has 0 spiro atoms. The predicted molar refractivity (Wildman–Crippen MR) is 48.0 cm³/mol. The van der Waals surface area contributed by atoms with Crippen molar-refractivity contribution in [2.24, 2.45) is 0 Å².